The van der Waals surface area contributed by atoms with Gasteiger partial charge in [0.1, 0.15) is 6.04 Å². The monoisotopic (exact) mass is 430 g/mol. The van der Waals surface area contributed by atoms with E-state index < -0.39 is 17.8 Å². The van der Waals surface area contributed by atoms with Crippen LogP contribution in [0.25, 0.3) is 22.2 Å². The number of carboxylic acids is 1. The van der Waals surface area contributed by atoms with Crippen molar-refractivity contribution in [2.24, 2.45) is 5.73 Å². The molecule has 1 unspecified atom stereocenters. The number of aromatic nitrogens is 2. The zero-order chi connectivity index (χ0) is 22.5. The van der Waals surface area contributed by atoms with Crippen LogP contribution >= 0.6 is 0 Å². The first-order chi connectivity index (χ1) is 15.5. The fraction of sp³-hybridized carbons (Fsp3) is 0.160. The van der Waals surface area contributed by atoms with Gasteiger partial charge in [-0.15, -0.1) is 0 Å². The highest BCUT2D eigenvalue weighted by Crippen LogP contribution is 2.20. The molecule has 4 rings (SSSR count). The van der Waals surface area contributed by atoms with Crippen molar-refractivity contribution < 1.29 is 14.3 Å². The molecule has 32 heavy (non-hydrogen) atoms. The third-order valence-corrected chi connectivity index (χ3v) is 5.25. The number of rotatable bonds is 8. The van der Waals surface area contributed by atoms with Crippen molar-refractivity contribution in [2.45, 2.75) is 18.9 Å². The molecule has 0 aliphatic carbocycles. The predicted octanol–water partition coefficient (Wildman–Crippen LogP) is 4.04. The summed E-state index contributed by atoms with van der Waals surface area (Å²) in [6.45, 7) is 0.526. The molecule has 4 N–H and O–H groups in total. The first-order valence-electron chi connectivity index (χ1n) is 10.3. The van der Waals surface area contributed by atoms with Crippen molar-refractivity contribution >= 4 is 22.6 Å². The largest absolute Gasteiger partial charge is 0.480 e. The fourth-order valence-electron chi connectivity index (χ4n) is 3.48. The zero-order valence-electron chi connectivity index (χ0n) is 17.3. The van der Waals surface area contributed by atoms with Crippen molar-refractivity contribution in [1.82, 2.24) is 9.97 Å². The smallest absolute Gasteiger partial charge is 0.320 e. The Bertz CT molecular complexity index is 1240. The van der Waals surface area contributed by atoms with E-state index in [0.717, 1.165) is 23.7 Å². The average molecular weight is 430 g/mol. The summed E-state index contributed by atoms with van der Waals surface area (Å²) >= 11 is 0. The maximum Gasteiger partial charge on any atom is 0.320 e. The van der Waals surface area contributed by atoms with E-state index in [9.17, 15) is 9.18 Å². The minimum Gasteiger partial charge on any atom is -0.480 e. The number of halogens is 1. The first kappa shape index (κ1) is 21.4. The van der Waals surface area contributed by atoms with Crippen LogP contribution in [0.1, 0.15) is 11.1 Å². The number of anilines is 1. The molecule has 7 heteroatoms. The SMILES string of the molecule is NC(Cc1ccc(-c2ncc(F)c(NCCc3ccc4ccccc4c3)n2)cc1)C(=O)O. The van der Waals surface area contributed by atoms with E-state index in [4.69, 9.17) is 10.8 Å². The number of nitrogens with two attached hydrogens (primary N) is 1. The quantitative estimate of drug-likeness (QED) is 0.390. The van der Waals surface area contributed by atoms with Crippen LogP contribution in [0.4, 0.5) is 10.2 Å². The van der Waals surface area contributed by atoms with Gasteiger partial charge >= 0.3 is 5.97 Å². The molecule has 1 atom stereocenters. The minimum atomic E-state index is -1.05. The van der Waals surface area contributed by atoms with E-state index in [1.165, 1.54) is 10.8 Å². The van der Waals surface area contributed by atoms with Crippen molar-refractivity contribution in [3.05, 3.63) is 89.9 Å². The van der Waals surface area contributed by atoms with E-state index in [0.29, 0.717) is 17.9 Å². The van der Waals surface area contributed by atoms with Crippen LogP contribution in [-0.4, -0.2) is 33.6 Å². The van der Waals surface area contributed by atoms with Crippen LogP contribution in [-0.2, 0) is 17.6 Å². The molecule has 0 aliphatic rings. The lowest BCUT2D eigenvalue weighted by molar-refractivity contribution is -0.138. The first-order valence-corrected chi connectivity index (χ1v) is 10.3. The molecule has 0 fully saturated rings. The van der Waals surface area contributed by atoms with E-state index in [-0.39, 0.29) is 12.2 Å². The van der Waals surface area contributed by atoms with Crippen LogP contribution in [0.5, 0.6) is 0 Å². The van der Waals surface area contributed by atoms with Gasteiger partial charge < -0.3 is 16.2 Å². The van der Waals surface area contributed by atoms with Crippen LogP contribution in [0, 0.1) is 5.82 Å². The molecule has 6 nitrogen and oxygen atoms in total. The summed E-state index contributed by atoms with van der Waals surface area (Å²) in [7, 11) is 0. The van der Waals surface area contributed by atoms with Crippen LogP contribution in [0.2, 0.25) is 0 Å². The number of carboxylic acid groups (broad SMARTS) is 1. The summed E-state index contributed by atoms with van der Waals surface area (Å²) in [4.78, 5) is 19.3. The van der Waals surface area contributed by atoms with Crippen LogP contribution in [0.3, 0.4) is 0 Å². The lowest BCUT2D eigenvalue weighted by Crippen LogP contribution is -2.32. The van der Waals surface area contributed by atoms with Crippen molar-refractivity contribution in [1.29, 1.82) is 0 Å². The van der Waals surface area contributed by atoms with E-state index in [1.54, 1.807) is 24.3 Å². The van der Waals surface area contributed by atoms with Gasteiger partial charge in [-0.3, -0.25) is 4.79 Å². The summed E-state index contributed by atoms with van der Waals surface area (Å²) < 4.78 is 14.2. The number of fused-ring (bicyclic) bond motifs is 1. The average Bonchev–Trinajstić information content (AvgIpc) is 2.80. The third kappa shape index (κ3) is 5.07. The second-order valence-corrected chi connectivity index (χ2v) is 7.59. The molecule has 1 heterocycles. The predicted molar refractivity (Wildman–Crippen MR) is 123 cm³/mol. The van der Waals surface area contributed by atoms with Gasteiger partial charge in [-0.25, -0.2) is 14.4 Å². The Morgan fingerprint density at radius 2 is 1.75 bits per heavy atom. The van der Waals surface area contributed by atoms with Crippen LogP contribution in [0.15, 0.2) is 72.9 Å². The Morgan fingerprint density at radius 3 is 2.50 bits per heavy atom. The lowest BCUT2D eigenvalue weighted by atomic mass is 10.0. The summed E-state index contributed by atoms with van der Waals surface area (Å²) in [6, 6.07) is 20.6. The Labute approximate surface area is 185 Å². The zero-order valence-corrected chi connectivity index (χ0v) is 17.3. The number of aliphatic carboxylic acids is 1. The van der Waals surface area contributed by atoms with Gasteiger partial charge in [-0.1, -0.05) is 66.7 Å². The molecule has 0 saturated heterocycles. The molecular weight excluding hydrogens is 407 g/mol. The van der Waals surface area contributed by atoms with E-state index >= 15 is 0 Å². The number of carbonyl (C=O) groups is 1. The standard InChI is InChI=1S/C25H23FN4O2/c26-21-15-29-23(19-9-6-16(7-10-19)14-22(27)25(31)32)30-24(21)28-12-11-17-5-8-18-3-1-2-4-20(18)13-17/h1-10,13,15,22H,11-12,14,27H2,(H,31,32)(H,28,29,30). The molecule has 0 bridgehead atoms. The van der Waals surface area contributed by atoms with E-state index in [2.05, 4.69) is 45.6 Å². The number of hydrogen-bond acceptors (Lipinski definition) is 5. The number of benzene rings is 3. The van der Waals surface area contributed by atoms with Crippen molar-refractivity contribution in [3.63, 3.8) is 0 Å². The van der Waals surface area contributed by atoms with Gasteiger partial charge in [0.2, 0.25) is 0 Å². The Hall–Kier alpha value is -3.84. The maximum atomic E-state index is 14.2. The Morgan fingerprint density at radius 1 is 1.03 bits per heavy atom. The number of nitrogens with zero attached hydrogens (tertiary/aromatic N) is 2. The highest BCUT2D eigenvalue weighted by Gasteiger charge is 2.13. The molecule has 0 radical (unpaired) electrons. The van der Waals surface area contributed by atoms with Crippen molar-refractivity contribution in [2.75, 3.05) is 11.9 Å². The Kier molecular flexibility index (Phi) is 6.37. The molecule has 162 valence electrons. The fourth-order valence-corrected chi connectivity index (χ4v) is 3.48. The summed E-state index contributed by atoms with van der Waals surface area (Å²) in [5, 5.41) is 14.4. The van der Waals surface area contributed by atoms with Gasteiger partial charge in [-0.2, -0.15) is 0 Å². The van der Waals surface area contributed by atoms with E-state index in [1.807, 2.05) is 12.1 Å². The molecule has 0 amide bonds. The second kappa shape index (κ2) is 9.53. The second-order valence-electron chi connectivity index (χ2n) is 7.59. The van der Waals surface area contributed by atoms with Gasteiger partial charge in [-0.05, 0) is 34.7 Å². The number of hydrogen-bond donors (Lipinski definition) is 3. The maximum absolute atomic E-state index is 14.2. The molecular formula is C25H23FN4O2. The normalized spacial score (nSPS) is 11.9. The third-order valence-electron chi connectivity index (χ3n) is 5.25. The molecule has 0 spiro atoms. The van der Waals surface area contributed by atoms with Gasteiger partial charge in [0.15, 0.2) is 17.5 Å². The highest BCUT2D eigenvalue weighted by molar-refractivity contribution is 5.83. The topological polar surface area (TPSA) is 101 Å². The number of nitrogens with one attached hydrogen (secondary N) is 1. The molecule has 0 saturated carbocycles. The van der Waals surface area contributed by atoms with Crippen molar-refractivity contribution in [3.8, 4) is 11.4 Å². The molecule has 1 aromatic heterocycles. The van der Waals surface area contributed by atoms with Gasteiger partial charge in [0.05, 0.1) is 6.20 Å². The summed E-state index contributed by atoms with van der Waals surface area (Å²) in [6.07, 6.45) is 2.10. The lowest BCUT2D eigenvalue weighted by Gasteiger charge is -2.10. The molecule has 3 aromatic carbocycles. The summed E-state index contributed by atoms with van der Waals surface area (Å²) in [5.74, 6) is -1.03. The molecule has 4 aromatic rings. The molecule has 0 aliphatic heterocycles. The summed E-state index contributed by atoms with van der Waals surface area (Å²) in [5.41, 5.74) is 8.22. The van der Waals surface area contributed by atoms with Crippen LogP contribution < -0.4 is 11.1 Å². The minimum absolute atomic E-state index is 0.146. The van der Waals surface area contributed by atoms with Gasteiger partial charge in [0, 0.05) is 12.1 Å². The Balaban J connectivity index is 1.42. The van der Waals surface area contributed by atoms with Gasteiger partial charge in [0.25, 0.3) is 0 Å². The highest BCUT2D eigenvalue weighted by atomic mass is 19.1.